The molecule has 5 nitrogen and oxygen atoms in total. The molecule has 0 spiro atoms. The number of halogens is 4. The molecule has 0 saturated carbocycles. The Bertz CT molecular complexity index is 816. The molecule has 0 saturated heterocycles. The number of rotatable bonds is 4. The third kappa shape index (κ3) is 4.39. The summed E-state index contributed by atoms with van der Waals surface area (Å²) in [6.45, 7) is 0.918. The lowest BCUT2D eigenvalue weighted by Gasteiger charge is -2.09. The zero-order valence-corrected chi connectivity index (χ0v) is 13.7. The molecule has 1 aromatic heterocycles. The molecule has 1 amide bonds. The molecular weight excluding hydrogens is 365 g/mol. The Morgan fingerprint density at radius 2 is 1.92 bits per heavy atom. The van der Waals surface area contributed by atoms with Crippen molar-refractivity contribution in [1.29, 1.82) is 0 Å². The number of nitrogens with one attached hydrogen (secondary N) is 1. The topological polar surface area (TPSA) is 68.3 Å². The van der Waals surface area contributed by atoms with Crippen LogP contribution in [0.25, 0.3) is 0 Å². The number of pyridine rings is 1. The predicted molar refractivity (Wildman–Crippen MR) is 84.3 cm³/mol. The van der Waals surface area contributed by atoms with E-state index in [4.69, 9.17) is 23.2 Å². The highest BCUT2D eigenvalue weighted by atomic mass is 35.5. The second kappa shape index (κ2) is 7.55. The maximum absolute atomic E-state index is 13.4. The molecule has 1 aromatic carbocycles. The molecule has 0 unspecified atom stereocenters. The molecule has 9 heteroatoms. The zero-order chi connectivity index (χ0) is 17.9. The molecule has 0 aliphatic heterocycles. The Morgan fingerprint density at radius 3 is 2.58 bits per heavy atom. The lowest BCUT2D eigenvalue weighted by Crippen LogP contribution is -2.22. The highest BCUT2D eigenvalue weighted by Gasteiger charge is 2.16. The number of hydrogen-bond acceptors (Lipinski definition) is 4. The van der Waals surface area contributed by atoms with Gasteiger partial charge in [-0.2, -0.15) is 0 Å². The molecule has 126 valence electrons. The highest BCUT2D eigenvalue weighted by molar-refractivity contribution is 6.36. The van der Waals surface area contributed by atoms with E-state index < -0.39 is 35.7 Å². The van der Waals surface area contributed by atoms with Gasteiger partial charge in [0.1, 0.15) is 11.6 Å². The van der Waals surface area contributed by atoms with Gasteiger partial charge in [-0.3, -0.25) is 4.79 Å². The van der Waals surface area contributed by atoms with Crippen LogP contribution in [0.3, 0.4) is 0 Å². The van der Waals surface area contributed by atoms with Gasteiger partial charge >= 0.3 is 5.97 Å². The van der Waals surface area contributed by atoms with Crippen molar-refractivity contribution >= 4 is 40.9 Å². The van der Waals surface area contributed by atoms with Gasteiger partial charge in [-0.15, -0.1) is 0 Å². The van der Waals surface area contributed by atoms with Crippen LogP contribution in [0.2, 0.25) is 10.0 Å². The third-order valence-corrected chi connectivity index (χ3v) is 3.52. The van der Waals surface area contributed by atoms with E-state index in [0.29, 0.717) is 16.8 Å². The Hall–Kier alpha value is -2.25. The van der Waals surface area contributed by atoms with Gasteiger partial charge in [-0.25, -0.2) is 18.6 Å². The Balaban J connectivity index is 1.98. The van der Waals surface area contributed by atoms with E-state index in [-0.39, 0.29) is 10.8 Å². The minimum atomic E-state index is -1.10. The van der Waals surface area contributed by atoms with Crippen LogP contribution in [-0.2, 0) is 9.53 Å². The van der Waals surface area contributed by atoms with Crippen LogP contribution in [0.1, 0.15) is 16.1 Å². The average Bonchev–Trinajstić information content (AvgIpc) is 2.50. The molecule has 0 aliphatic carbocycles. The first-order valence-corrected chi connectivity index (χ1v) is 7.28. The van der Waals surface area contributed by atoms with Crippen molar-refractivity contribution in [2.75, 3.05) is 11.9 Å². The molecule has 0 aliphatic rings. The van der Waals surface area contributed by atoms with Gasteiger partial charge in [0.25, 0.3) is 5.91 Å². The molecule has 1 heterocycles. The van der Waals surface area contributed by atoms with Gasteiger partial charge < -0.3 is 10.1 Å². The molecule has 0 radical (unpaired) electrons. The van der Waals surface area contributed by atoms with Gasteiger partial charge in [0.15, 0.2) is 12.4 Å². The molecule has 0 fully saturated rings. The van der Waals surface area contributed by atoms with Crippen molar-refractivity contribution in [1.82, 2.24) is 4.98 Å². The van der Waals surface area contributed by atoms with Crippen LogP contribution in [0.15, 0.2) is 24.3 Å². The van der Waals surface area contributed by atoms with E-state index in [1.165, 1.54) is 6.07 Å². The summed E-state index contributed by atoms with van der Waals surface area (Å²) in [5.74, 6) is -3.71. The lowest BCUT2D eigenvalue weighted by atomic mass is 10.2. The first-order valence-electron chi connectivity index (χ1n) is 6.52. The summed E-state index contributed by atoms with van der Waals surface area (Å²) in [7, 11) is 0. The van der Waals surface area contributed by atoms with Crippen molar-refractivity contribution in [2.24, 2.45) is 0 Å². The first-order chi connectivity index (χ1) is 11.3. The van der Waals surface area contributed by atoms with Crippen molar-refractivity contribution < 1.29 is 23.1 Å². The highest BCUT2D eigenvalue weighted by Crippen LogP contribution is 2.25. The number of benzene rings is 1. The molecule has 0 atom stereocenters. The first kappa shape index (κ1) is 18.1. The summed E-state index contributed by atoms with van der Waals surface area (Å²) >= 11 is 11.7. The summed E-state index contributed by atoms with van der Waals surface area (Å²) in [6, 6.07) is 3.77. The number of esters is 1. The van der Waals surface area contributed by atoms with Crippen LogP contribution in [0, 0.1) is 18.6 Å². The number of anilines is 1. The molecule has 24 heavy (non-hydrogen) atoms. The Labute approximate surface area is 145 Å². The number of carbonyl (C=O) groups excluding carboxylic acids is 2. The average molecular weight is 375 g/mol. The standard InChI is InChI=1S/C15H10Cl2F2N2O3/c1-7-10(16)5-11(17)14(20-7)21-13(22)6-24-15(23)9-3-2-8(18)4-12(9)19/h2-5H,6H2,1H3,(H,20,21,22). The minimum Gasteiger partial charge on any atom is -0.452 e. The third-order valence-electron chi connectivity index (χ3n) is 2.85. The van der Waals surface area contributed by atoms with Crippen LogP contribution >= 0.6 is 23.2 Å². The van der Waals surface area contributed by atoms with Gasteiger partial charge in [0, 0.05) is 6.07 Å². The number of aryl methyl sites for hydroxylation is 1. The number of aromatic nitrogens is 1. The summed E-state index contributed by atoms with van der Waals surface area (Å²) in [4.78, 5) is 27.4. The number of ether oxygens (including phenoxy) is 1. The quantitative estimate of drug-likeness (QED) is 0.827. The largest absolute Gasteiger partial charge is 0.452 e. The van der Waals surface area contributed by atoms with E-state index in [1.54, 1.807) is 6.92 Å². The van der Waals surface area contributed by atoms with Crippen LogP contribution in [-0.4, -0.2) is 23.5 Å². The van der Waals surface area contributed by atoms with E-state index in [9.17, 15) is 18.4 Å². The van der Waals surface area contributed by atoms with Crippen molar-refractivity contribution in [2.45, 2.75) is 6.92 Å². The minimum absolute atomic E-state index is 0.0487. The lowest BCUT2D eigenvalue weighted by molar-refractivity contribution is -0.119. The number of amides is 1. The second-order valence-electron chi connectivity index (χ2n) is 4.63. The summed E-state index contributed by atoms with van der Waals surface area (Å²) in [5, 5.41) is 2.77. The van der Waals surface area contributed by atoms with Crippen molar-refractivity contribution in [3.05, 3.63) is 57.2 Å². The van der Waals surface area contributed by atoms with Gasteiger partial charge in [0.05, 0.1) is 21.3 Å². The maximum Gasteiger partial charge on any atom is 0.341 e. The SMILES string of the molecule is Cc1nc(NC(=O)COC(=O)c2ccc(F)cc2F)c(Cl)cc1Cl. The zero-order valence-electron chi connectivity index (χ0n) is 12.2. The fraction of sp³-hybridized carbons (Fsp3) is 0.133. The second-order valence-corrected chi connectivity index (χ2v) is 5.45. The number of hydrogen-bond donors (Lipinski definition) is 1. The van der Waals surface area contributed by atoms with Crippen molar-refractivity contribution in [3.63, 3.8) is 0 Å². The van der Waals surface area contributed by atoms with E-state index in [2.05, 4.69) is 15.0 Å². The number of nitrogens with zero attached hydrogens (tertiary/aromatic N) is 1. The molecule has 2 aromatic rings. The van der Waals surface area contributed by atoms with Gasteiger partial charge in [0.2, 0.25) is 0 Å². The fourth-order valence-electron chi connectivity index (χ4n) is 1.68. The van der Waals surface area contributed by atoms with Crippen molar-refractivity contribution in [3.8, 4) is 0 Å². The summed E-state index contributed by atoms with van der Waals surface area (Å²) in [6.07, 6.45) is 0. The summed E-state index contributed by atoms with van der Waals surface area (Å²) < 4.78 is 30.9. The predicted octanol–water partition coefficient (Wildman–Crippen LogP) is 3.77. The van der Waals surface area contributed by atoms with E-state index >= 15 is 0 Å². The summed E-state index contributed by atoms with van der Waals surface area (Å²) in [5.41, 5.74) is -0.0376. The molecule has 2 rings (SSSR count). The van der Waals surface area contributed by atoms with Crippen LogP contribution < -0.4 is 5.32 Å². The van der Waals surface area contributed by atoms with Gasteiger partial charge in [-0.05, 0) is 25.1 Å². The maximum atomic E-state index is 13.4. The molecular formula is C15H10Cl2F2N2O3. The number of carbonyl (C=O) groups is 2. The Kier molecular flexibility index (Phi) is 5.69. The van der Waals surface area contributed by atoms with Gasteiger partial charge in [-0.1, -0.05) is 23.2 Å². The van der Waals surface area contributed by atoms with E-state index in [0.717, 1.165) is 12.1 Å². The molecule has 1 N–H and O–H groups in total. The smallest absolute Gasteiger partial charge is 0.341 e. The van der Waals surface area contributed by atoms with Crippen LogP contribution in [0.4, 0.5) is 14.6 Å². The fourth-order valence-corrected chi connectivity index (χ4v) is 2.08. The molecule has 0 bridgehead atoms. The monoisotopic (exact) mass is 374 g/mol. The van der Waals surface area contributed by atoms with Crippen LogP contribution in [0.5, 0.6) is 0 Å². The Morgan fingerprint density at radius 1 is 1.21 bits per heavy atom. The van der Waals surface area contributed by atoms with E-state index in [1.807, 2.05) is 0 Å². The normalized spacial score (nSPS) is 10.4.